The molecule has 0 aliphatic carbocycles. The number of para-hydroxylation sites is 2. The van der Waals surface area contributed by atoms with Gasteiger partial charge in [0.2, 0.25) is 0 Å². The van der Waals surface area contributed by atoms with Crippen molar-refractivity contribution in [2.75, 3.05) is 0 Å². The lowest BCUT2D eigenvalue weighted by Gasteiger charge is -2.11. The molecule has 0 atom stereocenters. The third kappa shape index (κ3) is 3.30. The van der Waals surface area contributed by atoms with Gasteiger partial charge in [-0.15, -0.1) is 22.7 Å². The summed E-state index contributed by atoms with van der Waals surface area (Å²) in [6, 6.07) is 54.0. The molecule has 0 amide bonds. The summed E-state index contributed by atoms with van der Waals surface area (Å²) in [6.45, 7) is 0. The van der Waals surface area contributed by atoms with Crippen molar-refractivity contribution in [3.05, 3.63) is 146 Å². The molecule has 11 aromatic rings. The van der Waals surface area contributed by atoms with Crippen LogP contribution in [0.4, 0.5) is 0 Å². The summed E-state index contributed by atoms with van der Waals surface area (Å²) in [7, 11) is 0. The van der Waals surface area contributed by atoms with E-state index < -0.39 is 0 Å². The lowest BCUT2D eigenvalue weighted by molar-refractivity contribution is 1.17. The molecule has 0 saturated heterocycles. The quantitative estimate of drug-likeness (QED) is 0.182. The van der Waals surface area contributed by atoms with Gasteiger partial charge in [-0.3, -0.25) is 0 Å². The Morgan fingerprint density at radius 2 is 0.696 bits per heavy atom. The van der Waals surface area contributed by atoms with Gasteiger partial charge in [0, 0.05) is 73.3 Å². The summed E-state index contributed by atoms with van der Waals surface area (Å²) in [6.07, 6.45) is 0. The normalized spacial score (nSPS) is 12.3. The summed E-state index contributed by atoms with van der Waals surface area (Å²) in [5.41, 5.74) is 7.28. The van der Waals surface area contributed by atoms with E-state index in [1.54, 1.807) is 0 Å². The molecule has 0 bridgehead atoms. The second-order valence-electron chi connectivity index (χ2n) is 12.1. The second kappa shape index (κ2) is 9.07. The minimum Gasteiger partial charge on any atom is -0.309 e. The van der Waals surface area contributed by atoms with E-state index in [0.29, 0.717) is 0 Å². The predicted octanol–water partition coefficient (Wildman–Crippen LogP) is 12.6. The smallest absolute Gasteiger partial charge is 0.0562 e. The van der Waals surface area contributed by atoms with Crippen LogP contribution in [0.1, 0.15) is 0 Å². The Hall–Kier alpha value is -5.42. The zero-order chi connectivity index (χ0) is 29.9. The first-order valence-corrected chi connectivity index (χ1v) is 17.2. The predicted molar refractivity (Wildman–Crippen MR) is 201 cm³/mol. The SMILES string of the molecule is c1ccc2c(c1)sc1ccc(-n3c4ccccc4c4cc5c6ccccc6n(-c6ccc7sc8ccccc8c7c6)c5cc43)cc12. The van der Waals surface area contributed by atoms with Gasteiger partial charge in [-0.25, -0.2) is 0 Å². The fourth-order valence-corrected chi connectivity index (χ4v) is 9.87. The molecular formula is C42H24N2S2. The van der Waals surface area contributed by atoms with Gasteiger partial charge >= 0.3 is 0 Å². The molecule has 4 aromatic heterocycles. The summed E-state index contributed by atoms with van der Waals surface area (Å²) in [5.74, 6) is 0. The zero-order valence-electron chi connectivity index (χ0n) is 24.6. The number of benzene rings is 7. The van der Waals surface area contributed by atoms with E-state index in [4.69, 9.17) is 0 Å². The Bertz CT molecular complexity index is 2840. The van der Waals surface area contributed by atoms with E-state index in [1.165, 1.54) is 95.3 Å². The molecule has 46 heavy (non-hydrogen) atoms. The van der Waals surface area contributed by atoms with Gasteiger partial charge in [0.1, 0.15) is 0 Å². The van der Waals surface area contributed by atoms with Crippen molar-refractivity contribution in [1.29, 1.82) is 0 Å². The third-order valence-corrected chi connectivity index (χ3v) is 12.0. The van der Waals surface area contributed by atoms with Crippen LogP contribution in [0.15, 0.2) is 146 Å². The Morgan fingerprint density at radius 1 is 0.283 bits per heavy atom. The van der Waals surface area contributed by atoms with E-state index in [0.717, 1.165) is 0 Å². The molecule has 0 aliphatic rings. The highest BCUT2D eigenvalue weighted by Crippen LogP contribution is 2.42. The number of rotatable bonds is 2. The molecule has 2 nitrogen and oxygen atoms in total. The molecule has 11 rings (SSSR count). The number of fused-ring (bicyclic) bond motifs is 12. The molecule has 0 unspecified atom stereocenters. The maximum atomic E-state index is 2.47. The van der Waals surface area contributed by atoms with E-state index in [2.05, 4.69) is 155 Å². The number of nitrogens with zero attached hydrogens (tertiary/aromatic N) is 2. The highest BCUT2D eigenvalue weighted by molar-refractivity contribution is 7.26. The Labute approximate surface area is 271 Å². The van der Waals surface area contributed by atoms with Gasteiger partial charge in [0.05, 0.1) is 22.1 Å². The standard InChI is InChI=1S/C42H24N2S2/c1-5-13-35-27(9-1)31-23-32-28-10-2-6-14-36(28)44(26-18-20-42-34(22-26)30-12-4-8-16-40(30)46-42)38(32)24-37(31)43(35)25-17-19-41-33(21-25)29-11-3-7-15-39(29)45-41/h1-24H. The molecule has 0 radical (unpaired) electrons. The highest BCUT2D eigenvalue weighted by atomic mass is 32.1. The van der Waals surface area contributed by atoms with Crippen LogP contribution in [0.25, 0.3) is 95.3 Å². The number of thiophene rings is 2. The van der Waals surface area contributed by atoms with Crippen LogP contribution in [0.5, 0.6) is 0 Å². The molecule has 4 heterocycles. The molecule has 0 spiro atoms. The maximum Gasteiger partial charge on any atom is 0.0562 e. The molecule has 0 aliphatic heterocycles. The molecule has 0 N–H and O–H groups in total. The largest absolute Gasteiger partial charge is 0.309 e. The topological polar surface area (TPSA) is 9.86 Å². The molecule has 7 aromatic carbocycles. The first-order valence-electron chi connectivity index (χ1n) is 15.6. The molecule has 0 saturated carbocycles. The van der Waals surface area contributed by atoms with Crippen LogP contribution in [-0.4, -0.2) is 9.13 Å². The van der Waals surface area contributed by atoms with Crippen LogP contribution in [0.2, 0.25) is 0 Å². The van der Waals surface area contributed by atoms with Gasteiger partial charge in [-0.1, -0.05) is 72.8 Å². The van der Waals surface area contributed by atoms with Crippen molar-refractivity contribution in [2.45, 2.75) is 0 Å². The molecule has 4 heteroatoms. The van der Waals surface area contributed by atoms with E-state index >= 15 is 0 Å². The van der Waals surface area contributed by atoms with Crippen LogP contribution < -0.4 is 0 Å². The number of hydrogen-bond acceptors (Lipinski definition) is 2. The lowest BCUT2D eigenvalue weighted by atomic mass is 10.1. The van der Waals surface area contributed by atoms with Crippen molar-refractivity contribution in [3.63, 3.8) is 0 Å². The fraction of sp³-hybridized carbons (Fsp3) is 0. The molecule has 214 valence electrons. The van der Waals surface area contributed by atoms with Crippen LogP contribution in [0.3, 0.4) is 0 Å². The summed E-state index contributed by atoms with van der Waals surface area (Å²) >= 11 is 3.74. The minimum atomic E-state index is 1.19. The van der Waals surface area contributed by atoms with Gasteiger partial charge in [0.25, 0.3) is 0 Å². The average molecular weight is 621 g/mol. The lowest BCUT2D eigenvalue weighted by Crippen LogP contribution is -1.96. The maximum absolute atomic E-state index is 2.47. The van der Waals surface area contributed by atoms with Gasteiger partial charge in [-0.05, 0) is 72.8 Å². The van der Waals surface area contributed by atoms with Gasteiger partial charge in [-0.2, -0.15) is 0 Å². The van der Waals surface area contributed by atoms with Crippen LogP contribution >= 0.6 is 22.7 Å². The Kier molecular flexibility index (Phi) is 4.90. The van der Waals surface area contributed by atoms with Crippen molar-refractivity contribution in [1.82, 2.24) is 9.13 Å². The minimum absolute atomic E-state index is 1.19. The molecule has 0 fully saturated rings. The third-order valence-electron chi connectivity index (χ3n) is 9.70. The van der Waals surface area contributed by atoms with Gasteiger partial charge in [0.15, 0.2) is 0 Å². The van der Waals surface area contributed by atoms with E-state index in [1.807, 2.05) is 22.7 Å². The first-order chi connectivity index (χ1) is 22.8. The fourth-order valence-electron chi connectivity index (χ4n) is 7.69. The van der Waals surface area contributed by atoms with Crippen LogP contribution in [-0.2, 0) is 0 Å². The number of aromatic nitrogens is 2. The van der Waals surface area contributed by atoms with Gasteiger partial charge < -0.3 is 9.13 Å². The van der Waals surface area contributed by atoms with Crippen molar-refractivity contribution in [3.8, 4) is 11.4 Å². The van der Waals surface area contributed by atoms with E-state index in [9.17, 15) is 0 Å². The second-order valence-corrected chi connectivity index (χ2v) is 14.3. The summed E-state index contributed by atoms with van der Waals surface area (Å²) in [5, 5.41) is 10.4. The van der Waals surface area contributed by atoms with Crippen LogP contribution in [0, 0.1) is 0 Å². The zero-order valence-corrected chi connectivity index (χ0v) is 26.2. The number of hydrogen-bond donors (Lipinski definition) is 0. The molecular weight excluding hydrogens is 597 g/mol. The van der Waals surface area contributed by atoms with Crippen molar-refractivity contribution < 1.29 is 0 Å². The van der Waals surface area contributed by atoms with Crippen molar-refractivity contribution in [2.24, 2.45) is 0 Å². The Balaban J connectivity index is 1.26. The Morgan fingerprint density at radius 3 is 1.20 bits per heavy atom. The van der Waals surface area contributed by atoms with E-state index in [-0.39, 0.29) is 0 Å². The van der Waals surface area contributed by atoms with Crippen molar-refractivity contribution >= 4 is 107 Å². The summed E-state index contributed by atoms with van der Waals surface area (Å²) in [4.78, 5) is 0. The first kappa shape index (κ1) is 24.8. The highest BCUT2D eigenvalue weighted by Gasteiger charge is 2.19. The summed E-state index contributed by atoms with van der Waals surface area (Å²) < 4.78 is 10.2. The average Bonchev–Trinajstić information content (AvgIpc) is 3.84. The monoisotopic (exact) mass is 620 g/mol.